The Bertz CT molecular complexity index is 600. The lowest BCUT2D eigenvalue weighted by atomic mass is 10.1. The molecule has 2 rings (SSSR count). The zero-order valence-corrected chi connectivity index (χ0v) is 13.8. The van der Waals surface area contributed by atoms with Gasteiger partial charge in [0.25, 0.3) is 0 Å². The summed E-state index contributed by atoms with van der Waals surface area (Å²) in [5.74, 6) is 1.52. The van der Waals surface area contributed by atoms with E-state index in [4.69, 9.17) is 16.3 Å². The normalized spacial score (nSPS) is 11.5. The van der Waals surface area contributed by atoms with Crippen LogP contribution in [0.2, 0.25) is 5.02 Å². The van der Waals surface area contributed by atoms with Crippen molar-refractivity contribution in [2.24, 2.45) is 0 Å². The van der Waals surface area contributed by atoms with E-state index in [9.17, 15) is 0 Å². The van der Waals surface area contributed by atoms with Crippen molar-refractivity contribution >= 4 is 11.6 Å². The zero-order valence-electron chi connectivity index (χ0n) is 13.0. The number of benzene rings is 2. The number of nitrogens with one attached hydrogen (secondary N) is 1. The molecular formula is C18H22ClNO. The molecule has 0 amide bonds. The maximum absolute atomic E-state index is 6.31. The quantitative estimate of drug-likeness (QED) is 0.824. The molecule has 0 fully saturated rings. The molecule has 0 aliphatic rings. The molecule has 21 heavy (non-hydrogen) atoms. The predicted molar refractivity (Wildman–Crippen MR) is 89.3 cm³/mol. The van der Waals surface area contributed by atoms with Gasteiger partial charge < -0.3 is 10.1 Å². The van der Waals surface area contributed by atoms with Crippen LogP contribution in [-0.4, -0.2) is 5.54 Å². The molecule has 0 unspecified atom stereocenters. The van der Waals surface area contributed by atoms with Gasteiger partial charge in [0.2, 0.25) is 0 Å². The summed E-state index contributed by atoms with van der Waals surface area (Å²) in [6.45, 7) is 9.18. The molecule has 0 saturated heterocycles. The molecule has 0 radical (unpaired) electrons. The number of rotatable bonds is 4. The number of aryl methyl sites for hydroxylation is 1. The number of hydrogen-bond donors (Lipinski definition) is 1. The number of ether oxygens (including phenoxy) is 1. The summed E-state index contributed by atoms with van der Waals surface area (Å²) < 4.78 is 5.99. The van der Waals surface area contributed by atoms with Crippen molar-refractivity contribution in [3.05, 3.63) is 58.6 Å². The summed E-state index contributed by atoms with van der Waals surface area (Å²) in [6, 6.07) is 13.8. The van der Waals surface area contributed by atoms with E-state index in [1.165, 1.54) is 5.56 Å². The van der Waals surface area contributed by atoms with E-state index in [1.807, 2.05) is 42.5 Å². The van der Waals surface area contributed by atoms with E-state index in [-0.39, 0.29) is 5.54 Å². The second-order valence-electron chi connectivity index (χ2n) is 6.25. The van der Waals surface area contributed by atoms with E-state index in [0.29, 0.717) is 11.6 Å². The summed E-state index contributed by atoms with van der Waals surface area (Å²) in [4.78, 5) is 0. The molecule has 0 aliphatic carbocycles. The van der Waals surface area contributed by atoms with Crippen molar-refractivity contribution < 1.29 is 4.74 Å². The van der Waals surface area contributed by atoms with Gasteiger partial charge >= 0.3 is 0 Å². The highest BCUT2D eigenvalue weighted by molar-refractivity contribution is 6.32. The van der Waals surface area contributed by atoms with E-state index in [0.717, 1.165) is 17.1 Å². The van der Waals surface area contributed by atoms with Crippen molar-refractivity contribution in [2.45, 2.75) is 39.8 Å². The Balaban J connectivity index is 2.23. The standard InChI is InChI=1S/C18H22ClNO/c1-13-8-10-15(11-9-13)21-17-14(6-5-7-16(17)19)12-20-18(2,3)4/h5-11,20H,12H2,1-4H3. The first-order valence-corrected chi connectivity index (χ1v) is 7.50. The smallest absolute Gasteiger partial charge is 0.150 e. The monoisotopic (exact) mass is 303 g/mol. The Hall–Kier alpha value is -1.51. The van der Waals surface area contributed by atoms with Gasteiger partial charge in [-0.25, -0.2) is 0 Å². The molecule has 2 aromatic rings. The molecule has 2 aromatic carbocycles. The van der Waals surface area contributed by atoms with Gasteiger partial charge in [-0.3, -0.25) is 0 Å². The Morgan fingerprint density at radius 2 is 1.71 bits per heavy atom. The van der Waals surface area contributed by atoms with Crippen LogP contribution >= 0.6 is 11.6 Å². The summed E-state index contributed by atoms with van der Waals surface area (Å²) in [6.07, 6.45) is 0. The summed E-state index contributed by atoms with van der Waals surface area (Å²) in [5, 5.41) is 4.09. The van der Waals surface area contributed by atoms with E-state index in [1.54, 1.807) is 0 Å². The second-order valence-corrected chi connectivity index (χ2v) is 6.65. The van der Waals surface area contributed by atoms with Crippen molar-refractivity contribution in [1.82, 2.24) is 5.32 Å². The first kappa shape index (κ1) is 15.9. The third kappa shape index (κ3) is 4.76. The third-order valence-electron chi connectivity index (χ3n) is 3.10. The Kier molecular flexibility index (Phi) is 4.92. The molecule has 0 aromatic heterocycles. The first-order valence-electron chi connectivity index (χ1n) is 7.12. The molecule has 0 aliphatic heterocycles. The van der Waals surface area contributed by atoms with Crippen LogP contribution in [0.4, 0.5) is 0 Å². The van der Waals surface area contributed by atoms with Gasteiger partial charge in [-0.15, -0.1) is 0 Å². The van der Waals surface area contributed by atoms with Crippen LogP contribution in [-0.2, 0) is 6.54 Å². The molecule has 112 valence electrons. The van der Waals surface area contributed by atoms with E-state index < -0.39 is 0 Å². The second kappa shape index (κ2) is 6.50. The van der Waals surface area contributed by atoms with Gasteiger partial charge in [-0.05, 0) is 45.9 Å². The summed E-state index contributed by atoms with van der Waals surface area (Å²) in [5.41, 5.74) is 2.30. The number of halogens is 1. The van der Waals surface area contributed by atoms with Crippen LogP contribution in [0, 0.1) is 6.92 Å². The van der Waals surface area contributed by atoms with Crippen LogP contribution in [0.1, 0.15) is 31.9 Å². The van der Waals surface area contributed by atoms with Crippen LogP contribution in [0.5, 0.6) is 11.5 Å². The lowest BCUT2D eigenvalue weighted by molar-refractivity contribution is 0.414. The highest BCUT2D eigenvalue weighted by atomic mass is 35.5. The predicted octanol–water partition coefficient (Wildman–Crippen LogP) is 5.33. The van der Waals surface area contributed by atoms with Crippen LogP contribution in [0.3, 0.4) is 0 Å². The van der Waals surface area contributed by atoms with Gasteiger partial charge in [0.05, 0.1) is 5.02 Å². The average molecular weight is 304 g/mol. The molecule has 0 saturated carbocycles. The topological polar surface area (TPSA) is 21.3 Å². The maximum atomic E-state index is 6.31. The van der Waals surface area contributed by atoms with Crippen molar-refractivity contribution in [1.29, 1.82) is 0 Å². The van der Waals surface area contributed by atoms with Gasteiger partial charge in [-0.2, -0.15) is 0 Å². The minimum absolute atomic E-state index is 0.0451. The highest BCUT2D eigenvalue weighted by Gasteiger charge is 2.13. The molecule has 0 heterocycles. The fourth-order valence-corrected chi connectivity index (χ4v) is 2.12. The minimum atomic E-state index is 0.0451. The molecule has 0 spiro atoms. The first-order chi connectivity index (χ1) is 9.85. The Labute approximate surface area is 132 Å². The SMILES string of the molecule is Cc1ccc(Oc2c(Cl)cccc2CNC(C)(C)C)cc1. The molecule has 0 atom stereocenters. The van der Waals surface area contributed by atoms with Crippen molar-refractivity contribution in [2.75, 3.05) is 0 Å². The average Bonchev–Trinajstić information content (AvgIpc) is 2.41. The number of para-hydroxylation sites is 1. The van der Waals surface area contributed by atoms with Crippen LogP contribution < -0.4 is 10.1 Å². The Morgan fingerprint density at radius 1 is 1.05 bits per heavy atom. The summed E-state index contributed by atoms with van der Waals surface area (Å²) in [7, 11) is 0. The minimum Gasteiger partial charge on any atom is -0.455 e. The number of hydrogen-bond acceptors (Lipinski definition) is 2. The van der Waals surface area contributed by atoms with Crippen molar-refractivity contribution in [3.63, 3.8) is 0 Å². The van der Waals surface area contributed by atoms with Crippen molar-refractivity contribution in [3.8, 4) is 11.5 Å². The van der Waals surface area contributed by atoms with Gasteiger partial charge in [0.1, 0.15) is 11.5 Å². The fraction of sp³-hybridized carbons (Fsp3) is 0.333. The fourth-order valence-electron chi connectivity index (χ4n) is 1.89. The van der Waals surface area contributed by atoms with Gasteiger partial charge in [0, 0.05) is 17.6 Å². The molecule has 3 heteroatoms. The molecular weight excluding hydrogens is 282 g/mol. The molecule has 0 bridgehead atoms. The van der Waals surface area contributed by atoms with Gasteiger partial charge in [0.15, 0.2) is 0 Å². The lowest BCUT2D eigenvalue weighted by Crippen LogP contribution is -2.35. The maximum Gasteiger partial charge on any atom is 0.150 e. The van der Waals surface area contributed by atoms with E-state index in [2.05, 4.69) is 33.0 Å². The van der Waals surface area contributed by atoms with E-state index >= 15 is 0 Å². The Morgan fingerprint density at radius 3 is 2.33 bits per heavy atom. The van der Waals surface area contributed by atoms with Crippen LogP contribution in [0.25, 0.3) is 0 Å². The van der Waals surface area contributed by atoms with Gasteiger partial charge in [-0.1, -0.05) is 41.4 Å². The third-order valence-corrected chi connectivity index (χ3v) is 3.40. The molecule has 2 nitrogen and oxygen atoms in total. The summed E-state index contributed by atoms with van der Waals surface area (Å²) >= 11 is 6.31. The molecule has 1 N–H and O–H groups in total. The largest absolute Gasteiger partial charge is 0.455 e. The lowest BCUT2D eigenvalue weighted by Gasteiger charge is -2.22. The highest BCUT2D eigenvalue weighted by Crippen LogP contribution is 2.33. The van der Waals surface area contributed by atoms with Crippen LogP contribution in [0.15, 0.2) is 42.5 Å². The zero-order chi connectivity index (χ0) is 15.5.